The summed E-state index contributed by atoms with van der Waals surface area (Å²) in [5.74, 6) is -1.96. The summed E-state index contributed by atoms with van der Waals surface area (Å²) in [4.78, 5) is 31.5. The summed E-state index contributed by atoms with van der Waals surface area (Å²) in [6, 6.07) is 24.2. The summed E-state index contributed by atoms with van der Waals surface area (Å²) in [6.07, 6.45) is 3.71. The molecule has 2 N–H and O–H groups in total. The van der Waals surface area contributed by atoms with Crippen molar-refractivity contribution in [2.24, 2.45) is 9.98 Å². The Labute approximate surface area is 186 Å². The zero-order valence-electron chi connectivity index (χ0n) is 17.4. The minimum atomic E-state index is -0.980. The largest absolute Gasteiger partial charge is 0.480 e. The van der Waals surface area contributed by atoms with E-state index in [4.69, 9.17) is 0 Å². The third kappa shape index (κ3) is 7.02. The van der Waals surface area contributed by atoms with E-state index < -0.39 is 24.0 Å². The van der Waals surface area contributed by atoms with E-state index in [2.05, 4.69) is 9.98 Å². The highest BCUT2D eigenvalue weighted by Gasteiger charge is 2.16. The van der Waals surface area contributed by atoms with Crippen LogP contribution in [0.2, 0.25) is 0 Å². The number of nitrogens with zero attached hydrogens (tertiary/aromatic N) is 2. The van der Waals surface area contributed by atoms with E-state index >= 15 is 0 Å². The molecule has 0 spiro atoms. The Morgan fingerprint density at radius 1 is 0.625 bits per heavy atom. The summed E-state index contributed by atoms with van der Waals surface area (Å²) >= 11 is 0. The zero-order valence-corrected chi connectivity index (χ0v) is 17.4. The van der Waals surface area contributed by atoms with Gasteiger partial charge in [-0.2, -0.15) is 0 Å². The summed E-state index contributed by atoms with van der Waals surface area (Å²) in [6.45, 7) is 0. The number of benzene rings is 3. The normalized spacial score (nSPS) is 13.2. The minimum Gasteiger partial charge on any atom is -0.480 e. The number of carboxylic acids is 2. The SMILES string of the molecule is O=C(O)[C@@H](Cc1ccccc1)N=Cc1ccc(C=N[C@H](Cc2ccccc2)C(=O)O)cc1. The van der Waals surface area contributed by atoms with Crippen LogP contribution < -0.4 is 0 Å². The standard InChI is InChI=1S/C26H24N2O4/c29-25(30)23(15-19-7-3-1-4-8-19)27-17-21-11-13-22(14-12-21)18-28-24(26(31)32)16-20-9-5-2-6-10-20/h1-14,17-18,23-24H,15-16H2,(H,29,30)(H,31,32)/t23-,24-/m1/s1. The van der Waals surface area contributed by atoms with Crippen molar-refractivity contribution < 1.29 is 19.8 Å². The van der Waals surface area contributed by atoms with Gasteiger partial charge in [-0.25, -0.2) is 9.59 Å². The van der Waals surface area contributed by atoms with Crippen molar-refractivity contribution in [2.75, 3.05) is 0 Å². The molecule has 0 aromatic heterocycles. The maximum Gasteiger partial charge on any atom is 0.328 e. The van der Waals surface area contributed by atoms with Gasteiger partial charge in [0.25, 0.3) is 0 Å². The Morgan fingerprint density at radius 2 is 0.969 bits per heavy atom. The lowest BCUT2D eigenvalue weighted by Gasteiger charge is -2.08. The molecular weight excluding hydrogens is 404 g/mol. The van der Waals surface area contributed by atoms with Crippen LogP contribution in [0.25, 0.3) is 0 Å². The molecule has 3 rings (SSSR count). The van der Waals surface area contributed by atoms with E-state index in [-0.39, 0.29) is 0 Å². The predicted molar refractivity (Wildman–Crippen MR) is 125 cm³/mol. The Kier molecular flexibility index (Phi) is 8.03. The monoisotopic (exact) mass is 428 g/mol. The van der Waals surface area contributed by atoms with Gasteiger partial charge >= 0.3 is 11.9 Å². The fourth-order valence-electron chi connectivity index (χ4n) is 3.10. The Bertz CT molecular complexity index is 989. The highest BCUT2D eigenvalue weighted by molar-refractivity contribution is 5.87. The quantitative estimate of drug-likeness (QED) is 0.478. The average molecular weight is 428 g/mol. The molecule has 6 heteroatoms. The fraction of sp³-hybridized carbons (Fsp3) is 0.154. The maximum absolute atomic E-state index is 11.5. The van der Waals surface area contributed by atoms with Gasteiger partial charge in [-0.1, -0.05) is 84.9 Å². The zero-order chi connectivity index (χ0) is 22.8. The molecule has 0 aliphatic carbocycles. The molecule has 0 aliphatic heterocycles. The van der Waals surface area contributed by atoms with Crippen LogP contribution >= 0.6 is 0 Å². The van der Waals surface area contributed by atoms with Gasteiger partial charge in [0.15, 0.2) is 12.1 Å². The maximum atomic E-state index is 11.5. The van der Waals surface area contributed by atoms with Crippen LogP contribution in [-0.4, -0.2) is 46.7 Å². The Hall–Kier alpha value is -4.06. The molecule has 0 bridgehead atoms. The van der Waals surface area contributed by atoms with E-state index in [0.29, 0.717) is 12.8 Å². The number of aliphatic carboxylic acids is 2. The van der Waals surface area contributed by atoms with Gasteiger partial charge in [0.05, 0.1) is 0 Å². The van der Waals surface area contributed by atoms with E-state index in [1.807, 2.05) is 60.7 Å². The molecule has 3 aromatic rings. The van der Waals surface area contributed by atoms with Crippen LogP contribution in [0.5, 0.6) is 0 Å². The smallest absolute Gasteiger partial charge is 0.328 e. The summed E-state index contributed by atoms with van der Waals surface area (Å²) in [7, 11) is 0. The number of aliphatic imine (C=N–C) groups is 2. The molecule has 0 fully saturated rings. The summed E-state index contributed by atoms with van der Waals surface area (Å²) in [5.41, 5.74) is 3.32. The van der Waals surface area contributed by atoms with Gasteiger partial charge in [0.1, 0.15) is 0 Å². The van der Waals surface area contributed by atoms with E-state index in [0.717, 1.165) is 22.3 Å². The predicted octanol–water partition coefficient (Wildman–Crippen LogP) is 3.92. The molecule has 2 atom stereocenters. The van der Waals surface area contributed by atoms with Crippen LogP contribution in [0.3, 0.4) is 0 Å². The second-order valence-electron chi connectivity index (χ2n) is 7.31. The average Bonchev–Trinajstić information content (AvgIpc) is 2.81. The lowest BCUT2D eigenvalue weighted by atomic mass is 10.1. The minimum absolute atomic E-state index is 0.315. The molecule has 0 aliphatic rings. The van der Waals surface area contributed by atoms with Gasteiger partial charge in [-0.05, 0) is 22.3 Å². The highest BCUT2D eigenvalue weighted by atomic mass is 16.4. The molecule has 162 valence electrons. The third-order valence-corrected chi connectivity index (χ3v) is 4.86. The number of rotatable bonds is 10. The summed E-state index contributed by atoms with van der Waals surface area (Å²) < 4.78 is 0. The van der Waals surface area contributed by atoms with E-state index in [1.165, 1.54) is 12.4 Å². The first-order chi connectivity index (χ1) is 15.5. The van der Waals surface area contributed by atoms with Gasteiger partial charge < -0.3 is 10.2 Å². The van der Waals surface area contributed by atoms with Crippen LogP contribution in [0, 0.1) is 0 Å². The number of carbonyl (C=O) groups is 2. The molecule has 0 amide bonds. The first-order valence-corrected chi connectivity index (χ1v) is 10.2. The molecular formula is C26H24N2O4. The molecule has 3 aromatic carbocycles. The van der Waals surface area contributed by atoms with Crippen LogP contribution in [0.1, 0.15) is 22.3 Å². The lowest BCUT2D eigenvalue weighted by Crippen LogP contribution is -2.21. The van der Waals surface area contributed by atoms with Crippen molar-refractivity contribution in [3.8, 4) is 0 Å². The van der Waals surface area contributed by atoms with E-state index in [9.17, 15) is 19.8 Å². The van der Waals surface area contributed by atoms with Crippen LogP contribution in [0.15, 0.2) is 94.9 Å². The van der Waals surface area contributed by atoms with Crippen LogP contribution in [-0.2, 0) is 22.4 Å². The highest BCUT2D eigenvalue weighted by Crippen LogP contribution is 2.09. The van der Waals surface area contributed by atoms with E-state index in [1.54, 1.807) is 24.3 Å². The molecule has 0 saturated heterocycles. The molecule has 6 nitrogen and oxygen atoms in total. The van der Waals surface area contributed by atoms with Crippen molar-refractivity contribution in [3.63, 3.8) is 0 Å². The van der Waals surface area contributed by atoms with Crippen molar-refractivity contribution >= 4 is 24.4 Å². The molecule has 0 heterocycles. The second kappa shape index (κ2) is 11.4. The Morgan fingerprint density at radius 3 is 1.28 bits per heavy atom. The number of hydrogen-bond acceptors (Lipinski definition) is 4. The van der Waals surface area contributed by atoms with Crippen molar-refractivity contribution in [1.29, 1.82) is 0 Å². The number of carboxylic acid groups (broad SMARTS) is 2. The van der Waals surface area contributed by atoms with Gasteiger partial charge in [0.2, 0.25) is 0 Å². The lowest BCUT2D eigenvalue weighted by molar-refractivity contribution is -0.139. The molecule has 0 radical (unpaired) electrons. The fourth-order valence-corrected chi connectivity index (χ4v) is 3.10. The number of hydrogen-bond donors (Lipinski definition) is 2. The van der Waals surface area contributed by atoms with Crippen LogP contribution in [0.4, 0.5) is 0 Å². The second-order valence-corrected chi connectivity index (χ2v) is 7.31. The molecule has 0 unspecified atom stereocenters. The molecule has 32 heavy (non-hydrogen) atoms. The topological polar surface area (TPSA) is 99.3 Å². The van der Waals surface area contributed by atoms with Crippen molar-refractivity contribution in [3.05, 3.63) is 107 Å². The van der Waals surface area contributed by atoms with Crippen molar-refractivity contribution in [2.45, 2.75) is 24.9 Å². The first-order valence-electron chi connectivity index (χ1n) is 10.2. The molecule has 0 saturated carbocycles. The third-order valence-electron chi connectivity index (χ3n) is 4.86. The summed E-state index contributed by atoms with van der Waals surface area (Å²) in [5, 5.41) is 18.9. The van der Waals surface area contributed by atoms with Crippen molar-refractivity contribution in [1.82, 2.24) is 0 Å². The Balaban J connectivity index is 1.64. The van der Waals surface area contributed by atoms with Gasteiger partial charge in [-0.3, -0.25) is 9.98 Å². The first kappa shape index (κ1) is 22.6. The van der Waals surface area contributed by atoms with Gasteiger partial charge in [-0.15, -0.1) is 0 Å². The van der Waals surface area contributed by atoms with Gasteiger partial charge in [0, 0.05) is 25.3 Å².